The zero-order valence-corrected chi connectivity index (χ0v) is 11.0. The maximum Gasteiger partial charge on any atom is 0.100 e. The summed E-state index contributed by atoms with van der Waals surface area (Å²) in [5, 5.41) is 15.0. The highest BCUT2D eigenvalue weighted by Gasteiger charge is 2.02. The van der Waals surface area contributed by atoms with Crippen molar-refractivity contribution in [1.29, 1.82) is 5.26 Å². The Morgan fingerprint density at radius 2 is 2.12 bits per heavy atom. The largest absolute Gasteiger partial charge is 0.379 e. The molecule has 0 saturated carbocycles. The third kappa shape index (κ3) is 3.13. The van der Waals surface area contributed by atoms with Crippen LogP contribution in [0.25, 0.3) is 0 Å². The summed E-state index contributed by atoms with van der Waals surface area (Å²) in [5.74, 6) is 0. The lowest BCUT2D eigenvalue weighted by molar-refractivity contribution is 1.19. The Labute approximate surface area is 113 Å². The van der Waals surface area contributed by atoms with Crippen molar-refractivity contribution in [1.82, 2.24) is 0 Å². The molecule has 0 unspecified atom stereocenters. The van der Waals surface area contributed by atoms with Crippen LogP contribution in [0.15, 0.2) is 29.6 Å². The van der Waals surface area contributed by atoms with Crippen LogP contribution >= 0.6 is 34.5 Å². The molecule has 0 spiro atoms. The van der Waals surface area contributed by atoms with E-state index in [1.165, 1.54) is 0 Å². The number of hydrogen-bond acceptors (Lipinski definition) is 3. The Bertz CT molecular complexity index is 572. The monoisotopic (exact) mass is 282 g/mol. The average molecular weight is 283 g/mol. The second-order valence-corrected chi connectivity index (χ2v) is 5.23. The third-order valence-electron chi connectivity index (χ3n) is 2.17. The van der Waals surface area contributed by atoms with Gasteiger partial charge in [-0.25, -0.2) is 0 Å². The van der Waals surface area contributed by atoms with E-state index in [4.69, 9.17) is 28.5 Å². The molecule has 0 aliphatic rings. The van der Waals surface area contributed by atoms with E-state index in [1.807, 2.05) is 17.5 Å². The van der Waals surface area contributed by atoms with Gasteiger partial charge in [-0.15, -0.1) is 11.3 Å². The Balaban J connectivity index is 2.05. The summed E-state index contributed by atoms with van der Waals surface area (Å²) >= 11 is 13.4. The van der Waals surface area contributed by atoms with E-state index in [2.05, 4.69) is 11.4 Å². The summed E-state index contributed by atoms with van der Waals surface area (Å²) in [5.41, 5.74) is 1.52. The molecule has 5 heteroatoms. The molecule has 86 valence electrons. The SMILES string of the molecule is N#Cc1csc(CNc2ccc(Cl)cc2Cl)c1. The van der Waals surface area contributed by atoms with Crippen LogP contribution in [0.1, 0.15) is 10.4 Å². The van der Waals surface area contributed by atoms with Crippen LogP contribution < -0.4 is 5.32 Å². The average Bonchev–Trinajstić information content (AvgIpc) is 2.76. The van der Waals surface area contributed by atoms with Gasteiger partial charge in [-0.05, 0) is 24.3 Å². The minimum absolute atomic E-state index is 0.592. The summed E-state index contributed by atoms with van der Waals surface area (Å²) in [4.78, 5) is 1.09. The van der Waals surface area contributed by atoms with Gasteiger partial charge in [0.15, 0.2) is 0 Å². The predicted molar refractivity (Wildman–Crippen MR) is 72.8 cm³/mol. The fourth-order valence-corrected chi connectivity index (χ4v) is 2.57. The van der Waals surface area contributed by atoms with E-state index in [9.17, 15) is 0 Å². The predicted octanol–water partition coefficient (Wildman–Crippen LogP) is 4.54. The molecular weight excluding hydrogens is 275 g/mol. The highest BCUT2D eigenvalue weighted by atomic mass is 35.5. The van der Waals surface area contributed by atoms with Gasteiger partial charge in [0.2, 0.25) is 0 Å². The molecule has 1 aromatic heterocycles. The van der Waals surface area contributed by atoms with Gasteiger partial charge in [-0.1, -0.05) is 23.2 Å². The lowest BCUT2D eigenvalue weighted by Gasteiger charge is -2.07. The number of thiophene rings is 1. The van der Waals surface area contributed by atoms with Crippen molar-refractivity contribution in [3.8, 4) is 6.07 Å². The molecule has 0 saturated heterocycles. The van der Waals surface area contributed by atoms with E-state index in [0.29, 0.717) is 22.2 Å². The van der Waals surface area contributed by atoms with Gasteiger partial charge in [0, 0.05) is 21.8 Å². The van der Waals surface area contributed by atoms with Crippen molar-refractivity contribution < 1.29 is 0 Å². The van der Waals surface area contributed by atoms with Gasteiger partial charge in [0.25, 0.3) is 0 Å². The van der Waals surface area contributed by atoms with Gasteiger partial charge in [0.05, 0.1) is 16.3 Å². The fourth-order valence-electron chi connectivity index (χ4n) is 1.35. The second-order valence-electron chi connectivity index (χ2n) is 3.39. The molecule has 2 nitrogen and oxygen atoms in total. The topological polar surface area (TPSA) is 35.8 Å². The number of benzene rings is 1. The summed E-state index contributed by atoms with van der Waals surface area (Å²) in [7, 11) is 0. The van der Waals surface area contributed by atoms with Crippen LogP contribution in [0.2, 0.25) is 10.0 Å². The molecule has 0 amide bonds. The molecule has 0 aliphatic carbocycles. The normalized spacial score (nSPS) is 9.94. The molecular formula is C12H8Cl2N2S. The van der Waals surface area contributed by atoms with E-state index >= 15 is 0 Å². The van der Waals surface area contributed by atoms with Crippen molar-refractivity contribution >= 4 is 40.2 Å². The lowest BCUT2D eigenvalue weighted by atomic mass is 10.3. The molecule has 0 radical (unpaired) electrons. The summed E-state index contributed by atoms with van der Waals surface area (Å²) < 4.78 is 0. The number of nitrogens with zero attached hydrogens (tertiary/aromatic N) is 1. The van der Waals surface area contributed by atoms with Crippen LogP contribution in [0.5, 0.6) is 0 Å². The Kier molecular flexibility index (Phi) is 3.90. The third-order valence-corrected chi connectivity index (χ3v) is 3.65. The molecule has 0 bridgehead atoms. The fraction of sp³-hybridized carbons (Fsp3) is 0.0833. The molecule has 2 aromatic rings. The maximum absolute atomic E-state index is 8.71. The van der Waals surface area contributed by atoms with Crippen molar-refractivity contribution in [3.05, 3.63) is 50.1 Å². The van der Waals surface area contributed by atoms with Crippen molar-refractivity contribution in [3.63, 3.8) is 0 Å². The summed E-state index contributed by atoms with van der Waals surface area (Å²) in [6.45, 7) is 0.647. The molecule has 2 rings (SSSR count). The van der Waals surface area contributed by atoms with E-state index < -0.39 is 0 Å². The number of rotatable bonds is 3. The summed E-state index contributed by atoms with van der Waals surface area (Å²) in [6.07, 6.45) is 0. The smallest absolute Gasteiger partial charge is 0.100 e. The second kappa shape index (κ2) is 5.42. The molecule has 0 aliphatic heterocycles. The van der Waals surface area contributed by atoms with Crippen LogP contribution in [-0.4, -0.2) is 0 Å². The number of nitrogens with one attached hydrogen (secondary N) is 1. The number of anilines is 1. The van der Waals surface area contributed by atoms with Crippen molar-refractivity contribution in [2.75, 3.05) is 5.32 Å². The first-order chi connectivity index (χ1) is 8.19. The van der Waals surface area contributed by atoms with Crippen LogP contribution in [0.4, 0.5) is 5.69 Å². The molecule has 1 N–H and O–H groups in total. The first-order valence-electron chi connectivity index (χ1n) is 4.85. The van der Waals surface area contributed by atoms with E-state index in [1.54, 1.807) is 23.5 Å². The van der Waals surface area contributed by atoms with E-state index in [-0.39, 0.29) is 0 Å². The van der Waals surface area contributed by atoms with Gasteiger partial charge in [-0.2, -0.15) is 5.26 Å². The molecule has 1 aromatic carbocycles. The first kappa shape index (κ1) is 12.3. The van der Waals surface area contributed by atoms with Gasteiger partial charge in [-0.3, -0.25) is 0 Å². The quantitative estimate of drug-likeness (QED) is 0.897. The zero-order chi connectivity index (χ0) is 12.3. The summed E-state index contributed by atoms with van der Waals surface area (Å²) in [6, 6.07) is 9.28. The van der Waals surface area contributed by atoms with E-state index in [0.717, 1.165) is 10.6 Å². The van der Waals surface area contributed by atoms with Crippen LogP contribution in [0.3, 0.4) is 0 Å². The number of halogens is 2. The Morgan fingerprint density at radius 3 is 2.76 bits per heavy atom. The molecule has 0 fully saturated rings. The zero-order valence-electron chi connectivity index (χ0n) is 8.71. The van der Waals surface area contributed by atoms with Gasteiger partial charge >= 0.3 is 0 Å². The number of nitriles is 1. The Morgan fingerprint density at radius 1 is 1.29 bits per heavy atom. The van der Waals surface area contributed by atoms with Gasteiger partial charge < -0.3 is 5.32 Å². The standard InChI is InChI=1S/C12H8Cl2N2S/c13-9-1-2-12(11(14)4-9)16-6-10-3-8(5-15)7-17-10/h1-4,7,16H,6H2. The highest BCUT2D eigenvalue weighted by Crippen LogP contribution is 2.26. The van der Waals surface area contributed by atoms with Crippen LogP contribution in [0, 0.1) is 11.3 Å². The van der Waals surface area contributed by atoms with Crippen molar-refractivity contribution in [2.45, 2.75) is 6.54 Å². The van der Waals surface area contributed by atoms with Crippen LogP contribution in [-0.2, 0) is 6.54 Å². The number of hydrogen-bond donors (Lipinski definition) is 1. The lowest BCUT2D eigenvalue weighted by Crippen LogP contribution is -1.97. The Hall–Kier alpha value is -1.21. The molecule has 0 atom stereocenters. The minimum atomic E-state index is 0.592. The molecule has 17 heavy (non-hydrogen) atoms. The van der Waals surface area contributed by atoms with Gasteiger partial charge in [0.1, 0.15) is 6.07 Å². The minimum Gasteiger partial charge on any atom is -0.379 e. The van der Waals surface area contributed by atoms with Crippen molar-refractivity contribution in [2.24, 2.45) is 0 Å². The first-order valence-corrected chi connectivity index (χ1v) is 6.49. The highest BCUT2D eigenvalue weighted by molar-refractivity contribution is 7.10. The molecule has 1 heterocycles. The maximum atomic E-state index is 8.71.